The van der Waals surface area contributed by atoms with Crippen LogP contribution in [0.3, 0.4) is 0 Å². The second-order valence-corrected chi connectivity index (χ2v) is 11.6. The van der Waals surface area contributed by atoms with Gasteiger partial charge in [-0.1, -0.05) is 38.1 Å². The molecule has 3 aromatic rings. The third-order valence-corrected chi connectivity index (χ3v) is 6.42. The van der Waals surface area contributed by atoms with Crippen LogP contribution in [0.15, 0.2) is 42.6 Å². The van der Waals surface area contributed by atoms with Crippen molar-refractivity contribution in [2.45, 2.75) is 66.7 Å². The van der Waals surface area contributed by atoms with Crippen LogP contribution in [-0.2, 0) is 16.6 Å². The Bertz CT molecular complexity index is 1240. The van der Waals surface area contributed by atoms with Gasteiger partial charge in [0.1, 0.15) is 5.75 Å². The summed E-state index contributed by atoms with van der Waals surface area (Å²) in [6, 6.07) is 12.1. The molecule has 0 bridgehead atoms. The number of nitrogens with zero attached hydrogens (tertiary/aromatic N) is 2. The maximum atomic E-state index is 13.7. The maximum Gasteiger partial charge on any atom is 0.316 e. The zero-order valence-electron chi connectivity index (χ0n) is 22.8. The van der Waals surface area contributed by atoms with Crippen LogP contribution >= 0.6 is 0 Å². The lowest BCUT2D eigenvalue weighted by Crippen LogP contribution is -2.30. The lowest BCUT2D eigenvalue weighted by molar-refractivity contribution is -0.143. The van der Waals surface area contributed by atoms with E-state index in [4.69, 9.17) is 4.74 Å². The van der Waals surface area contributed by atoms with Crippen LogP contribution in [0.4, 0.5) is 0 Å². The molecule has 0 N–H and O–H groups in total. The highest BCUT2D eigenvalue weighted by molar-refractivity contribution is 5.95. The summed E-state index contributed by atoms with van der Waals surface area (Å²) in [5, 5.41) is 1.12. The van der Waals surface area contributed by atoms with E-state index < -0.39 is 10.8 Å². The molecule has 0 amide bonds. The van der Waals surface area contributed by atoms with Gasteiger partial charge in [0, 0.05) is 35.5 Å². The number of fused-ring (bicyclic) bond motifs is 1. The number of rotatable bonds is 7. The first-order chi connectivity index (χ1) is 16.2. The summed E-state index contributed by atoms with van der Waals surface area (Å²) in [6.45, 7) is 14.6. The van der Waals surface area contributed by atoms with Crippen molar-refractivity contribution in [2.24, 2.45) is 5.41 Å². The van der Waals surface area contributed by atoms with E-state index in [9.17, 15) is 9.59 Å². The molecule has 0 spiro atoms. The van der Waals surface area contributed by atoms with E-state index in [1.807, 2.05) is 65.1 Å². The molecule has 1 heterocycles. The molecular formula is C30H40N2O3. The highest BCUT2D eigenvalue weighted by Crippen LogP contribution is 2.39. The van der Waals surface area contributed by atoms with Gasteiger partial charge in [0.15, 0.2) is 0 Å². The molecule has 0 fully saturated rings. The van der Waals surface area contributed by atoms with Gasteiger partial charge in [0.2, 0.25) is 5.91 Å². The molecule has 3 rings (SSSR count). The quantitative estimate of drug-likeness (QED) is 0.296. The Morgan fingerprint density at radius 2 is 1.66 bits per heavy atom. The van der Waals surface area contributed by atoms with Gasteiger partial charge in [-0.15, -0.1) is 0 Å². The van der Waals surface area contributed by atoms with Gasteiger partial charge in [0.25, 0.3) is 0 Å². The number of benzene rings is 2. The Morgan fingerprint density at radius 1 is 1.00 bits per heavy atom. The fourth-order valence-electron chi connectivity index (χ4n) is 4.68. The van der Waals surface area contributed by atoms with Gasteiger partial charge in [-0.25, -0.2) is 0 Å². The number of ether oxygens (including phenoxy) is 1. The van der Waals surface area contributed by atoms with E-state index in [-0.39, 0.29) is 18.3 Å². The third-order valence-electron chi connectivity index (χ3n) is 6.42. The van der Waals surface area contributed by atoms with Crippen molar-refractivity contribution >= 4 is 22.8 Å². The first kappa shape index (κ1) is 26.7. The molecule has 0 aliphatic carbocycles. The Hall–Kier alpha value is -2.92. The predicted octanol–water partition coefficient (Wildman–Crippen LogP) is 6.32. The molecule has 188 valence electrons. The monoisotopic (exact) mass is 476 g/mol. The smallest absolute Gasteiger partial charge is 0.316 e. The van der Waals surface area contributed by atoms with Gasteiger partial charge in [-0.05, 0) is 84.0 Å². The summed E-state index contributed by atoms with van der Waals surface area (Å²) < 4.78 is 7.71. The van der Waals surface area contributed by atoms with Crippen molar-refractivity contribution in [3.63, 3.8) is 0 Å². The minimum atomic E-state index is -0.623. The topological polar surface area (TPSA) is 51.5 Å². The minimum Gasteiger partial charge on any atom is -0.426 e. The van der Waals surface area contributed by atoms with Gasteiger partial charge in [0.05, 0.1) is 10.9 Å². The first-order valence-electron chi connectivity index (χ1n) is 12.3. The van der Waals surface area contributed by atoms with E-state index in [1.54, 1.807) is 4.57 Å². The van der Waals surface area contributed by atoms with E-state index in [2.05, 4.69) is 45.0 Å². The molecular weight excluding hydrogens is 436 g/mol. The summed E-state index contributed by atoms with van der Waals surface area (Å²) >= 11 is 0. The maximum absolute atomic E-state index is 13.7. The third kappa shape index (κ3) is 6.02. The second kappa shape index (κ2) is 9.98. The van der Waals surface area contributed by atoms with Gasteiger partial charge >= 0.3 is 5.97 Å². The lowest BCUT2D eigenvalue weighted by Gasteiger charge is -2.30. The van der Waals surface area contributed by atoms with Crippen molar-refractivity contribution in [3.05, 3.63) is 64.8 Å². The zero-order chi connectivity index (χ0) is 26.1. The molecule has 0 aliphatic heterocycles. The Kier molecular flexibility index (Phi) is 7.61. The molecule has 0 saturated carbocycles. The zero-order valence-corrected chi connectivity index (χ0v) is 22.8. The van der Waals surface area contributed by atoms with Crippen molar-refractivity contribution in [2.75, 3.05) is 20.6 Å². The molecule has 0 unspecified atom stereocenters. The molecule has 5 nitrogen and oxygen atoms in total. The van der Waals surface area contributed by atoms with Crippen molar-refractivity contribution in [1.82, 2.24) is 9.47 Å². The largest absolute Gasteiger partial charge is 0.426 e. The summed E-state index contributed by atoms with van der Waals surface area (Å²) in [5.41, 5.74) is 3.88. The van der Waals surface area contributed by atoms with Crippen molar-refractivity contribution in [1.29, 1.82) is 0 Å². The van der Waals surface area contributed by atoms with E-state index in [0.717, 1.165) is 40.6 Å². The fraction of sp³-hybridized carbons (Fsp3) is 0.467. The number of esters is 1. The Balaban J connectivity index is 1.99. The highest BCUT2D eigenvalue weighted by Gasteiger charge is 2.33. The highest BCUT2D eigenvalue weighted by atomic mass is 16.5. The molecule has 5 heteroatoms. The summed E-state index contributed by atoms with van der Waals surface area (Å²) in [7, 11) is 4.11. The molecule has 0 aliphatic rings. The number of likely N-dealkylation sites (N-methyl/N-ethyl adjacent to an activating group) is 1. The van der Waals surface area contributed by atoms with Gasteiger partial charge < -0.3 is 9.64 Å². The van der Waals surface area contributed by atoms with Crippen molar-refractivity contribution in [3.8, 4) is 5.75 Å². The molecule has 1 aromatic heterocycles. The predicted molar refractivity (Wildman–Crippen MR) is 143 cm³/mol. The number of carbonyl (C=O) groups is 2. The van der Waals surface area contributed by atoms with Crippen LogP contribution in [-0.4, -0.2) is 42.0 Å². The van der Waals surface area contributed by atoms with E-state index >= 15 is 0 Å². The van der Waals surface area contributed by atoms with Gasteiger partial charge in [-0.2, -0.15) is 0 Å². The van der Waals surface area contributed by atoms with E-state index in [1.165, 1.54) is 5.56 Å². The average molecular weight is 477 g/mol. The van der Waals surface area contributed by atoms with Crippen molar-refractivity contribution < 1.29 is 14.3 Å². The molecule has 0 saturated heterocycles. The number of hydrogen-bond donors (Lipinski definition) is 0. The van der Waals surface area contributed by atoms with Crippen LogP contribution in [0.25, 0.3) is 10.9 Å². The normalized spacial score (nSPS) is 12.4. The van der Waals surface area contributed by atoms with Crippen LogP contribution in [0.1, 0.15) is 68.1 Å². The number of aryl methyl sites for hydroxylation is 2. The van der Waals surface area contributed by atoms with Crippen LogP contribution in [0.5, 0.6) is 5.75 Å². The van der Waals surface area contributed by atoms with Gasteiger partial charge in [-0.3, -0.25) is 14.2 Å². The molecule has 0 atom stereocenters. The van der Waals surface area contributed by atoms with E-state index in [0.29, 0.717) is 5.75 Å². The summed E-state index contributed by atoms with van der Waals surface area (Å²) in [4.78, 5) is 28.6. The molecule has 2 aromatic carbocycles. The summed E-state index contributed by atoms with van der Waals surface area (Å²) in [6.07, 6.45) is 3.15. The number of hydrogen-bond acceptors (Lipinski definition) is 4. The number of aromatic nitrogens is 1. The first-order valence-corrected chi connectivity index (χ1v) is 12.3. The van der Waals surface area contributed by atoms with Crippen LogP contribution < -0.4 is 4.74 Å². The fourth-order valence-corrected chi connectivity index (χ4v) is 4.68. The Morgan fingerprint density at radius 3 is 2.29 bits per heavy atom. The Labute approximate surface area is 210 Å². The van der Waals surface area contributed by atoms with Crippen LogP contribution in [0.2, 0.25) is 0 Å². The second-order valence-electron chi connectivity index (χ2n) is 11.6. The number of carbonyl (C=O) groups excluding carboxylic acids is 2. The number of para-hydroxylation sites is 1. The average Bonchev–Trinajstić information content (AvgIpc) is 3.09. The standard InChI is InChI=1S/C30H40N2O3/c1-20-16-21(2)27(25(17-20)35-28(34)29(3,4)5)30(6,7)18-26(33)32-19-22(14-15-31(8)9)23-12-10-11-13-24(23)32/h10-13,16-17,19H,14-15,18H2,1-9H3. The molecule has 35 heavy (non-hydrogen) atoms. The lowest BCUT2D eigenvalue weighted by atomic mass is 9.78. The molecule has 0 radical (unpaired) electrons. The van der Waals surface area contributed by atoms with Crippen LogP contribution in [0, 0.1) is 19.3 Å². The minimum absolute atomic E-state index is 0.0235. The SMILES string of the molecule is Cc1cc(C)c(C(C)(C)CC(=O)n2cc(CCN(C)C)c3ccccc32)c(OC(=O)C(C)(C)C)c1. The summed E-state index contributed by atoms with van der Waals surface area (Å²) in [5.74, 6) is 0.285.